The Morgan fingerprint density at radius 2 is 1.96 bits per heavy atom. The van der Waals surface area contributed by atoms with Crippen molar-refractivity contribution in [1.29, 1.82) is 0 Å². The lowest BCUT2D eigenvalue weighted by Crippen LogP contribution is -2.15. The van der Waals surface area contributed by atoms with Crippen LogP contribution >= 0.6 is 11.8 Å². The van der Waals surface area contributed by atoms with E-state index in [0.29, 0.717) is 5.75 Å². The molecule has 3 aromatic rings. The summed E-state index contributed by atoms with van der Waals surface area (Å²) in [5.74, 6) is 0.286. The first kappa shape index (κ1) is 16.3. The Bertz CT molecular complexity index is 843. The Labute approximate surface area is 145 Å². The van der Waals surface area contributed by atoms with Crippen LogP contribution in [-0.4, -0.2) is 21.2 Å². The zero-order valence-corrected chi connectivity index (χ0v) is 14.5. The van der Waals surface area contributed by atoms with Gasteiger partial charge in [-0.25, -0.2) is 4.98 Å². The van der Waals surface area contributed by atoms with E-state index in [9.17, 15) is 4.79 Å². The van der Waals surface area contributed by atoms with Gasteiger partial charge in [-0.2, -0.15) is 0 Å². The van der Waals surface area contributed by atoms with E-state index in [2.05, 4.69) is 10.3 Å². The Morgan fingerprint density at radius 1 is 1.17 bits per heavy atom. The first-order valence-corrected chi connectivity index (χ1v) is 8.71. The Hall–Kier alpha value is -2.53. The predicted octanol–water partition coefficient (Wildman–Crippen LogP) is 4.22. The largest absolute Gasteiger partial charge is 0.325 e. The van der Waals surface area contributed by atoms with Crippen LogP contribution in [0, 0.1) is 13.8 Å². The molecular formula is C19H19N3OS. The number of hydrogen-bond acceptors (Lipinski definition) is 3. The van der Waals surface area contributed by atoms with Gasteiger partial charge in [0.25, 0.3) is 0 Å². The highest BCUT2D eigenvalue weighted by Gasteiger charge is 2.10. The third-order valence-electron chi connectivity index (χ3n) is 3.64. The molecule has 3 rings (SSSR count). The number of anilines is 1. The molecular weight excluding hydrogens is 318 g/mol. The van der Waals surface area contributed by atoms with Crippen molar-refractivity contribution in [1.82, 2.24) is 9.55 Å². The molecule has 2 aromatic carbocycles. The number of nitrogens with zero attached hydrogens (tertiary/aromatic N) is 2. The fraction of sp³-hybridized carbons (Fsp3) is 0.158. The monoisotopic (exact) mass is 337 g/mol. The van der Waals surface area contributed by atoms with Crippen molar-refractivity contribution in [3.05, 3.63) is 72.1 Å². The maximum Gasteiger partial charge on any atom is 0.234 e. The van der Waals surface area contributed by atoms with Crippen molar-refractivity contribution < 1.29 is 4.79 Å². The molecule has 0 aliphatic carbocycles. The molecule has 0 saturated carbocycles. The Morgan fingerprint density at radius 3 is 2.75 bits per heavy atom. The third kappa shape index (κ3) is 3.86. The topological polar surface area (TPSA) is 46.9 Å². The second kappa shape index (κ2) is 7.36. The highest BCUT2D eigenvalue weighted by Crippen LogP contribution is 2.21. The summed E-state index contributed by atoms with van der Waals surface area (Å²) in [5, 5.41) is 3.78. The van der Waals surface area contributed by atoms with Gasteiger partial charge < -0.3 is 5.32 Å². The molecule has 1 aromatic heterocycles. The fourth-order valence-electron chi connectivity index (χ4n) is 2.37. The van der Waals surface area contributed by atoms with E-state index in [1.54, 1.807) is 6.20 Å². The summed E-state index contributed by atoms with van der Waals surface area (Å²) in [6, 6.07) is 16.0. The molecule has 122 valence electrons. The van der Waals surface area contributed by atoms with Crippen molar-refractivity contribution in [2.75, 3.05) is 11.1 Å². The molecule has 0 bridgehead atoms. The third-order valence-corrected chi connectivity index (χ3v) is 4.61. The molecule has 5 heteroatoms. The molecule has 1 heterocycles. The predicted molar refractivity (Wildman–Crippen MR) is 98.8 cm³/mol. The van der Waals surface area contributed by atoms with Gasteiger partial charge in [0, 0.05) is 23.8 Å². The van der Waals surface area contributed by atoms with E-state index in [1.807, 2.05) is 73.1 Å². The van der Waals surface area contributed by atoms with Crippen molar-refractivity contribution in [2.45, 2.75) is 19.0 Å². The molecule has 1 amide bonds. The molecule has 0 spiro atoms. The Balaban J connectivity index is 1.65. The van der Waals surface area contributed by atoms with E-state index in [1.165, 1.54) is 11.8 Å². The number of amides is 1. The van der Waals surface area contributed by atoms with Crippen LogP contribution < -0.4 is 5.32 Å². The smallest absolute Gasteiger partial charge is 0.234 e. The van der Waals surface area contributed by atoms with Crippen LogP contribution in [-0.2, 0) is 4.79 Å². The molecule has 0 aliphatic rings. The minimum absolute atomic E-state index is 0.0312. The number of rotatable bonds is 5. The number of benzene rings is 2. The van der Waals surface area contributed by atoms with Crippen LogP contribution in [0.3, 0.4) is 0 Å². The molecule has 0 aliphatic heterocycles. The molecule has 0 atom stereocenters. The lowest BCUT2D eigenvalue weighted by molar-refractivity contribution is -0.113. The summed E-state index contributed by atoms with van der Waals surface area (Å²) >= 11 is 1.43. The van der Waals surface area contributed by atoms with E-state index in [4.69, 9.17) is 0 Å². The van der Waals surface area contributed by atoms with Gasteiger partial charge in [-0.3, -0.25) is 9.36 Å². The van der Waals surface area contributed by atoms with E-state index >= 15 is 0 Å². The number of carbonyl (C=O) groups is 1. The average Bonchev–Trinajstić information content (AvgIpc) is 3.06. The van der Waals surface area contributed by atoms with Crippen LogP contribution in [0.5, 0.6) is 0 Å². The van der Waals surface area contributed by atoms with Gasteiger partial charge in [-0.15, -0.1) is 0 Å². The fourth-order valence-corrected chi connectivity index (χ4v) is 3.14. The van der Waals surface area contributed by atoms with Gasteiger partial charge >= 0.3 is 0 Å². The van der Waals surface area contributed by atoms with Crippen molar-refractivity contribution in [3.63, 3.8) is 0 Å². The summed E-state index contributed by atoms with van der Waals surface area (Å²) < 4.78 is 1.98. The molecule has 4 nitrogen and oxygen atoms in total. The maximum atomic E-state index is 12.3. The van der Waals surface area contributed by atoms with E-state index in [-0.39, 0.29) is 5.91 Å². The highest BCUT2D eigenvalue weighted by atomic mass is 32.2. The molecule has 1 N–H and O–H groups in total. The van der Waals surface area contributed by atoms with Crippen LogP contribution in [0.15, 0.2) is 66.1 Å². The lowest BCUT2D eigenvalue weighted by atomic mass is 10.1. The van der Waals surface area contributed by atoms with Gasteiger partial charge in [-0.05, 0) is 43.2 Å². The second-order valence-corrected chi connectivity index (χ2v) is 6.51. The summed E-state index contributed by atoms with van der Waals surface area (Å²) in [6.07, 6.45) is 3.65. The number of nitrogens with one attached hydrogen (secondary N) is 1. The number of para-hydroxylation sites is 1. The van der Waals surface area contributed by atoms with Gasteiger partial charge in [0.1, 0.15) is 0 Å². The average molecular weight is 337 g/mol. The summed E-state index contributed by atoms with van der Waals surface area (Å²) in [5.41, 5.74) is 4.09. The molecule has 24 heavy (non-hydrogen) atoms. The number of thioether (sulfide) groups is 1. The van der Waals surface area contributed by atoms with Crippen LogP contribution in [0.2, 0.25) is 0 Å². The van der Waals surface area contributed by atoms with Gasteiger partial charge in [-0.1, -0.05) is 42.1 Å². The molecule has 0 fully saturated rings. The lowest BCUT2D eigenvalue weighted by Gasteiger charge is -2.10. The van der Waals surface area contributed by atoms with Crippen molar-refractivity contribution in [2.24, 2.45) is 0 Å². The first-order chi connectivity index (χ1) is 11.6. The van der Waals surface area contributed by atoms with Crippen LogP contribution in [0.4, 0.5) is 5.69 Å². The van der Waals surface area contributed by atoms with Crippen LogP contribution in [0.1, 0.15) is 11.1 Å². The number of carbonyl (C=O) groups excluding carboxylic acids is 1. The van der Waals surface area contributed by atoms with E-state index < -0.39 is 0 Å². The number of imidazole rings is 1. The van der Waals surface area contributed by atoms with Crippen molar-refractivity contribution in [3.8, 4) is 5.69 Å². The van der Waals surface area contributed by atoms with Gasteiger partial charge in [0.15, 0.2) is 5.16 Å². The van der Waals surface area contributed by atoms with E-state index in [0.717, 1.165) is 27.7 Å². The summed E-state index contributed by atoms with van der Waals surface area (Å²) in [4.78, 5) is 16.6. The quantitative estimate of drug-likeness (QED) is 0.709. The maximum absolute atomic E-state index is 12.3. The first-order valence-electron chi connectivity index (χ1n) is 7.72. The molecule has 0 radical (unpaired) electrons. The minimum atomic E-state index is -0.0312. The van der Waals surface area contributed by atoms with Crippen LogP contribution in [0.25, 0.3) is 5.69 Å². The standard InChI is InChI=1S/C19H19N3OS/c1-14-8-9-15(2)17(12-14)21-18(23)13-24-19-20-10-11-22(19)16-6-4-3-5-7-16/h3-12H,13H2,1-2H3,(H,21,23). The second-order valence-electron chi connectivity index (χ2n) is 5.57. The zero-order chi connectivity index (χ0) is 16.9. The molecule has 0 saturated heterocycles. The summed E-state index contributed by atoms with van der Waals surface area (Å²) in [7, 11) is 0. The SMILES string of the molecule is Cc1ccc(C)c(NC(=O)CSc2nccn2-c2ccccc2)c1. The normalized spacial score (nSPS) is 10.6. The number of aryl methyl sites for hydroxylation is 2. The molecule has 0 unspecified atom stereocenters. The zero-order valence-electron chi connectivity index (χ0n) is 13.7. The highest BCUT2D eigenvalue weighted by molar-refractivity contribution is 7.99. The number of hydrogen-bond donors (Lipinski definition) is 1. The van der Waals surface area contributed by atoms with Gasteiger partial charge in [0.05, 0.1) is 5.75 Å². The minimum Gasteiger partial charge on any atom is -0.325 e. The summed E-state index contributed by atoms with van der Waals surface area (Å²) in [6.45, 7) is 4.00. The van der Waals surface area contributed by atoms with Gasteiger partial charge in [0.2, 0.25) is 5.91 Å². The Kier molecular flexibility index (Phi) is 5.01. The van der Waals surface area contributed by atoms with Crippen molar-refractivity contribution >= 4 is 23.4 Å². The number of aromatic nitrogens is 2.